The van der Waals surface area contributed by atoms with Crippen molar-refractivity contribution in [2.75, 3.05) is 6.52 Å². The molecule has 0 heterocycles. The van der Waals surface area contributed by atoms with E-state index >= 15 is 0 Å². The average Bonchev–Trinajstić information content (AvgIpc) is 2.14. The van der Waals surface area contributed by atoms with E-state index in [1.807, 2.05) is 0 Å². The zero-order valence-electron chi connectivity index (χ0n) is 11.2. The highest BCUT2D eigenvalue weighted by atomic mass is 16.4. The van der Waals surface area contributed by atoms with Crippen LogP contribution in [-0.4, -0.2) is 23.6 Å². The number of rotatable bonds is 5. The summed E-state index contributed by atoms with van der Waals surface area (Å²) in [7, 11) is 0. The Kier molecular flexibility index (Phi) is 1.66. The highest BCUT2D eigenvalue weighted by molar-refractivity contribution is 5.72. The molecule has 4 heteroatoms. The van der Waals surface area contributed by atoms with Crippen LogP contribution in [0.2, 0.25) is 0 Å². The van der Waals surface area contributed by atoms with Crippen molar-refractivity contribution in [1.82, 2.24) is 0 Å². The summed E-state index contributed by atoms with van der Waals surface area (Å²) in [6.45, 7) is -1.69. The number of hydrogen-bond acceptors (Lipinski definition) is 3. The molecule has 0 aliphatic heterocycles. The van der Waals surface area contributed by atoms with Gasteiger partial charge in [-0.15, -0.1) is 0 Å². The molecule has 0 aromatic rings. The SMILES string of the molecule is [2H][C@H](N)[C@H]([2H])C([2H])([2H])C([2H])([2H])[C@H](N)C(=O)O. The van der Waals surface area contributed by atoms with Crippen LogP contribution in [0.4, 0.5) is 0 Å². The quantitative estimate of drug-likeness (QED) is 0.496. The summed E-state index contributed by atoms with van der Waals surface area (Å²) in [5, 5.41) is 8.53. The van der Waals surface area contributed by atoms with Crippen molar-refractivity contribution < 1.29 is 18.1 Å². The van der Waals surface area contributed by atoms with E-state index in [4.69, 9.17) is 24.8 Å². The Balaban J connectivity index is 5.19. The van der Waals surface area contributed by atoms with E-state index in [0.717, 1.165) is 0 Å². The molecule has 0 bridgehead atoms. The topological polar surface area (TPSA) is 89.3 Å². The normalized spacial score (nSPS) is 31.0. The lowest BCUT2D eigenvalue weighted by atomic mass is 10.1. The molecular weight excluding hydrogens is 132 g/mol. The summed E-state index contributed by atoms with van der Waals surface area (Å²) >= 11 is 0. The molecule has 0 saturated carbocycles. The zero-order valence-corrected chi connectivity index (χ0v) is 5.24. The number of carboxylic acids is 1. The predicted octanol–water partition coefficient (Wildman–Crippen LogP) is -0.473. The van der Waals surface area contributed by atoms with E-state index in [1.165, 1.54) is 0 Å². The van der Waals surface area contributed by atoms with Crippen LogP contribution in [0.15, 0.2) is 0 Å². The fraction of sp³-hybridized carbons (Fsp3) is 0.833. The summed E-state index contributed by atoms with van der Waals surface area (Å²) < 4.78 is 43.5. The van der Waals surface area contributed by atoms with Crippen molar-refractivity contribution in [3.8, 4) is 0 Å². The number of nitrogens with two attached hydrogens (primary N) is 2. The van der Waals surface area contributed by atoms with Gasteiger partial charge in [-0.25, -0.2) is 0 Å². The zero-order chi connectivity index (χ0) is 13.3. The molecule has 4 nitrogen and oxygen atoms in total. The summed E-state index contributed by atoms with van der Waals surface area (Å²) in [4.78, 5) is 10.5. The first-order chi connectivity index (χ1) is 6.96. The van der Waals surface area contributed by atoms with Gasteiger partial charge in [-0.05, 0) is 19.3 Å². The average molecular weight is 152 g/mol. The largest absolute Gasteiger partial charge is 0.480 e. The van der Waals surface area contributed by atoms with Crippen LogP contribution in [0.25, 0.3) is 0 Å². The maximum Gasteiger partial charge on any atom is 0.320 e. The molecule has 0 rings (SSSR count). The van der Waals surface area contributed by atoms with Gasteiger partial charge in [0.25, 0.3) is 0 Å². The van der Waals surface area contributed by atoms with Crippen LogP contribution in [0.3, 0.4) is 0 Å². The molecule has 5 N–H and O–H groups in total. The third-order valence-corrected chi connectivity index (χ3v) is 0.684. The van der Waals surface area contributed by atoms with E-state index in [2.05, 4.69) is 0 Å². The lowest BCUT2D eigenvalue weighted by Crippen LogP contribution is -2.29. The van der Waals surface area contributed by atoms with Crippen LogP contribution < -0.4 is 11.5 Å². The predicted molar refractivity (Wildman–Crippen MR) is 38.5 cm³/mol. The van der Waals surface area contributed by atoms with Crippen LogP contribution in [0.1, 0.15) is 27.4 Å². The van der Waals surface area contributed by atoms with Gasteiger partial charge in [-0.2, -0.15) is 0 Å². The van der Waals surface area contributed by atoms with Crippen LogP contribution >= 0.6 is 0 Å². The maximum atomic E-state index is 10.5. The summed E-state index contributed by atoms with van der Waals surface area (Å²) in [6.07, 6.45) is -7.87. The van der Waals surface area contributed by atoms with Crippen molar-refractivity contribution in [3.05, 3.63) is 0 Å². The fourth-order valence-electron chi connectivity index (χ4n) is 0.248. The van der Waals surface area contributed by atoms with Crippen molar-refractivity contribution >= 4 is 5.97 Å². The van der Waals surface area contributed by atoms with Crippen molar-refractivity contribution in [2.45, 2.75) is 25.2 Å². The third kappa shape index (κ3) is 4.29. The Morgan fingerprint density at radius 2 is 2.40 bits per heavy atom. The van der Waals surface area contributed by atoms with Crippen LogP contribution in [-0.2, 0) is 4.79 Å². The second kappa shape index (κ2) is 5.20. The molecule has 0 aliphatic carbocycles. The molecule has 0 spiro atoms. The second-order valence-electron chi connectivity index (χ2n) is 1.46. The smallest absolute Gasteiger partial charge is 0.320 e. The van der Waals surface area contributed by atoms with Crippen LogP contribution in [0.5, 0.6) is 0 Å². The van der Waals surface area contributed by atoms with Gasteiger partial charge in [-0.3, -0.25) is 4.79 Å². The molecule has 0 aromatic carbocycles. The number of carbonyl (C=O) groups is 1. The lowest BCUT2D eigenvalue weighted by Gasteiger charge is -2.03. The molecule has 3 atom stereocenters. The molecule has 0 amide bonds. The Bertz CT molecular complexity index is 272. The fourth-order valence-corrected chi connectivity index (χ4v) is 0.248. The highest BCUT2D eigenvalue weighted by Gasteiger charge is 2.09. The van der Waals surface area contributed by atoms with Crippen molar-refractivity contribution in [1.29, 1.82) is 0 Å². The molecular formula is C6H14N2O2. The minimum atomic E-state index is -3.00. The summed E-state index contributed by atoms with van der Waals surface area (Å²) in [5.41, 5.74) is 10.00. The molecule has 10 heavy (non-hydrogen) atoms. The molecule has 0 aliphatic rings. The lowest BCUT2D eigenvalue weighted by molar-refractivity contribution is -0.138. The first-order valence-electron chi connectivity index (χ1n) is 5.70. The monoisotopic (exact) mass is 152 g/mol. The number of carboxylic acid groups (broad SMARTS) is 1. The van der Waals surface area contributed by atoms with Gasteiger partial charge < -0.3 is 16.6 Å². The first kappa shape index (κ1) is 3.19. The molecule has 0 aromatic heterocycles. The van der Waals surface area contributed by atoms with Gasteiger partial charge in [-0.1, -0.05) is 6.37 Å². The van der Waals surface area contributed by atoms with Crippen LogP contribution in [0, 0.1) is 0 Å². The Morgan fingerprint density at radius 3 is 2.80 bits per heavy atom. The standard InChI is InChI=1S/C6H14N2O2/c7-4-2-1-3-5(8)6(9)10/h5H,1-4,7-8H2,(H,9,10)/t5-/m0/s1/i1D2,2D,3D2,4D/t2-,4+,5+/m1. The van der Waals surface area contributed by atoms with Gasteiger partial charge in [0.1, 0.15) is 6.04 Å². The molecule has 0 saturated heterocycles. The summed E-state index contributed by atoms with van der Waals surface area (Å²) in [5.74, 6) is -1.72. The van der Waals surface area contributed by atoms with Gasteiger partial charge in [0.15, 0.2) is 0 Å². The minimum Gasteiger partial charge on any atom is -0.480 e. The van der Waals surface area contributed by atoms with E-state index in [0.29, 0.717) is 0 Å². The van der Waals surface area contributed by atoms with E-state index in [9.17, 15) is 4.79 Å². The van der Waals surface area contributed by atoms with E-state index in [-0.39, 0.29) is 0 Å². The van der Waals surface area contributed by atoms with Gasteiger partial charge >= 0.3 is 5.97 Å². The highest BCUT2D eigenvalue weighted by Crippen LogP contribution is 1.96. The maximum absolute atomic E-state index is 10.5. The van der Waals surface area contributed by atoms with Crippen molar-refractivity contribution in [2.24, 2.45) is 11.5 Å². The molecule has 0 unspecified atom stereocenters. The second-order valence-corrected chi connectivity index (χ2v) is 1.46. The van der Waals surface area contributed by atoms with Gasteiger partial charge in [0.2, 0.25) is 0 Å². The van der Waals surface area contributed by atoms with E-state index < -0.39 is 37.7 Å². The van der Waals surface area contributed by atoms with Gasteiger partial charge in [0, 0.05) is 8.22 Å². The molecule has 0 radical (unpaired) electrons. The summed E-state index contributed by atoms with van der Waals surface area (Å²) in [6, 6.07) is -2.13. The first-order valence-corrected chi connectivity index (χ1v) is 2.54. The minimum absolute atomic E-state index is 1.69. The Hall–Kier alpha value is -0.610. The van der Waals surface area contributed by atoms with E-state index in [1.54, 1.807) is 0 Å². The van der Waals surface area contributed by atoms with Crippen molar-refractivity contribution in [3.63, 3.8) is 0 Å². The Morgan fingerprint density at radius 1 is 1.80 bits per heavy atom. The molecule has 60 valence electrons. The number of aliphatic carboxylic acids is 1. The molecule has 0 fully saturated rings. The number of hydrogen-bond donors (Lipinski definition) is 3. The Labute approximate surface area is 68.6 Å². The third-order valence-electron chi connectivity index (χ3n) is 0.684. The van der Waals surface area contributed by atoms with Gasteiger partial charge in [0.05, 0.1) is 0 Å².